The molecule has 10 N–H and O–H groups in total. The van der Waals surface area contributed by atoms with Gasteiger partial charge in [0.2, 0.25) is 0 Å². The number of aliphatic carboxylic acids is 1. The fourth-order valence-corrected chi connectivity index (χ4v) is 1.77. The average molecular weight is 301 g/mol. The number of carboxylic acid groups (broad SMARTS) is 1. The summed E-state index contributed by atoms with van der Waals surface area (Å²) in [4.78, 5) is 11.1. The Hall–Kier alpha value is -2.03. The van der Waals surface area contributed by atoms with Crippen molar-refractivity contribution in [2.75, 3.05) is 19.6 Å². The van der Waals surface area contributed by atoms with E-state index < -0.39 is 12.0 Å². The highest BCUT2D eigenvalue weighted by Crippen LogP contribution is 1.99. The SMILES string of the molecule is N=C(N)NCCCCCN[C@@H](CCCNC(=N)N)C(=O)O. The van der Waals surface area contributed by atoms with Crippen molar-refractivity contribution < 1.29 is 9.90 Å². The molecule has 21 heavy (non-hydrogen) atoms. The van der Waals surface area contributed by atoms with E-state index in [1.807, 2.05) is 0 Å². The molecule has 0 heterocycles. The summed E-state index contributed by atoms with van der Waals surface area (Å²) in [7, 11) is 0. The monoisotopic (exact) mass is 301 g/mol. The van der Waals surface area contributed by atoms with Crippen LogP contribution in [0.4, 0.5) is 0 Å². The number of rotatable bonds is 12. The molecule has 0 aromatic rings. The molecule has 0 aliphatic rings. The number of carboxylic acids is 1. The second kappa shape index (κ2) is 11.8. The van der Waals surface area contributed by atoms with E-state index in [1.165, 1.54) is 0 Å². The number of guanidine groups is 2. The second-order valence-electron chi connectivity index (χ2n) is 4.73. The Bertz CT molecular complexity index is 336. The molecule has 0 aromatic heterocycles. The average Bonchev–Trinajstić information content (AvgIpc) is 2.38. The molecule has 0 saturated heterocycles. The van der Waals surface area contributed by atoms with Crippen LogP contribution in [0.5, 0.6) is 0 Å². The van der Waals surface area contributed by atoms with E-state index in [1.54, 1.807) is 0 Å². The zero-order valence-corrected chi connectivity index (χ0v) is 12.2. The summed E-state index contributed by atoms with van der Waals surface area (Å²) in [5, 5.41) is 31.4. The number of hydrogen-bond donors (Lipinski definition) is 8. The minimum absolute atomic E-state index is 0.0294. The zero-order valence-electron chi connectivity index (χ0n) is 12.2. The van der Waals surface area contributed by atoms with Crippen molar-refractivity contribution in [1.29, 1.82) is 10.8 Å². The summed E-state index contributed by atoms with van der Waals surface area (Å²) in [5.74, 6) is -0.997. The van der Waals surface area contributed by atoms with Crippen LogP contribution in [-0.2, 0) is 4.79 Å². The number of carbonyl (C=O) groups is 1. The highest BCUT2D eigenvalue weighted by molar-refractivity contribution is 5.74. The van der Waals surface area contributed by atoms with Crippen LogP contribution in [0.1, 0.15) is 32.1 Å². The quantitative estimate of drug-likeness (QED) is 0.129. The minimum Gasteiger partial charge on any atom is -0.480 e. The normalized spacial score (nSPS) is 11.6. The summed E-state index contributed by atoms with van der Waals surface area (Å²) in [6.45, 7) is 1.79. The standard InChI is InChI=1S/C12H27N7O2/c13-11(14)18-7-3-1-2-6-17-9(10(20)21)5-4-8-19-12(15)16/h9,17H,1-8H2,(H,20,21)(H4,13,14,18)(H4,15,16,19)/t9-/m0/s1. The summed E-state index contributed by atoms with van der Waals surface area (Å²) < 4.78 is 0. The molecule has 0 aliphatic heterocycles. The molecule has 0 aromatic carbocycles. The lowest BCUT2D eigenvalue weighted by Gasteiger charge is -2.14. The highest BCUT2D eigenvalue weighted by Gasteiger charge is 2.15. The molecule has 0 amide bonds. The lowest BCUT2D eigenvalue weighted by molar-refractivity contribution is -0.139. The third-order valence-corrected chi connectivity index (χ3v) is 2.84. The molecule has 0 aliphatic carbocycles. The maximum Gasteiger partial charge on any atom is 0.320 e. The molecular weight excluding hydrogens is 274 g/mol. The first-order valence-electron chi connectivity index (χ1n) is 7.05. The van der Waals surface area contributed by atoms with Gasteiger partial charge in [-0.25, -0.2) is 0 Å². The van der Waals surface area contributed by atoms with Gasteiger partial charge in [-0.2, -0.15) is 0 Å². The van der Waals surface area contributed by atoms with Crippen LogP contribution in [0.3, 0.4) is 0 Å². The molecule has 122 valence electrons. The van der Waals surface area contributed by atoms with Gasteiger partial charge in [-0.3, -0.25) is 15.6 Å². The Morgan fingerprint density at radius 2 is 1.48 bits per heavy atom. The predicted octanol–water partition coefficient (Wildman–Crippen LogP) is -1.05. The Kier molecular flexibility index (Phi) is 10.6. The molecule has 0 saturated carbocycles. The van der Waals surface area contributed by atoms with Gasteiger partial charge in [-0.05, 0) is 32.2 Å². The Morgan fingerprint density at radius 3 is 2.00 bits per heavy atom. The van der Waals surface area contributed by atoms with Crippen molar-refractivity contribution in [3.05, 3.63) is 0 Å². The zero-order chi connectivity index (χ0) is 16.1. The minimum atomic E-state index is -0.865. The predicted molar refractivity (Wildman–Crippen MR) is 82.3 cm³/mol. The maximum atomic E-state index is 11.1. The Labute approximate surface area is 124 Å². The van der Waals surface area contributed by atoms with Crippen LogP contribution in [0.15, 0.2) is 0 Å². The van der Waals surface area contributed by atoms with Crippen LogP contribution < -0.4 is 27.4 Å². The molecule has 0 spiro atoms. The summed E-state index contributed by atoms with van der Waals surface area (Å²) >= 11 is 0. The van der Waals surface area contributed by atoms with Gasteiger partial charge in [0.15, 0.2) is 11.9 Å². The first kappa shape index (κ1) is 19.0. The lowest BCUT2D eigenvalue weighted by atomic mass is 10.1. The van der Waals surface area contributed by atoms with Crippen LogP contribution in [0.2, 0.25) is 0 Å². The van der Waals surface area contributed by atoms with Gasteiger partial charge >= 0.3 is 5.97 Å². The fraction of sp³-hybridized carbons (Fsp3) is 0.750. The van der Waals surface area contributed by atoms with E-state index >= 15 is 0 Å². The summed E-state index contributed by atoms with van der Waals surface area (Å²) in [6.07, 6.45) is 3.82. The van der Waals surface area contributed by atoms with E-state index in [9.17, 15) is 4.79 Å². The van der Waals surface area contributed by atoms with E-state index in [4.69, 9.17) is 27.4 Å². The van der Waals surface area contributed by atoms with Crippen molar-refractivity contribution in [3.8, 4) is 0 Å². The van der Waals surface area contributed by atoms with Crippen molar-refractivity contribution in [3.63, 3.8) is 0 Å². The Balaban J connectivity index is 3.63. The number of unbranched alkanes of at least 4 members (excludes halogenated alkanes) is 2. The number of nitrogens with one attached hydrogen (secondary N) is 5. The molecule has 9 heteroatoms. The number of hydrogen-bond acceptors (Lipinski definition) is 4. The molecular formula is C12H27N7O2. The number of nitrogens with two attached hydrogens (primary N) is 2. The molecule has 0 rings (SSSR count). The summed E-state index contributed by atoms with van der Waals surface area (Å²) in [5.41, 5.74) is 10.3. The smallest absolute Gasteiger partial charge is 0.320 e. The Morgan fingerprint density at radius 1 is 0.952 bits per heavy atom. The highest BCUT2D eigenvalue weighted by atomic mass is 16.4. The van der Waals surface area contributed by atoms with Gasteiger partial charge < -0.3 is 32.5 Å². The third-order valence-electron chi connectivity index (χ3n) is 2.84. The fourth-order valence-electron chi connectivity index (χ4n) is 1.77. The molecule has 9 nitrogen and oxygen atoms in total. The topological polar surface area (TPSA) is 173 Å². The van der Waals surface area contributed by atoms with Crippen molar-refractivity contribution in [1.82, 2.24) is 16.0 Å². The van der Waals surface area contributed by atoms with E-state index in [2.05, 4.69) is 16.0 Å². The largest absolute Gasteiger partial charge is 0.480 e. The van der Waals surface area contributed by atoms with Gasteiger partial charge in [0.05, 0.1) is 0 Å². The van der Waals surface area contributed by atoms with Gasteiger partial charge in [-0.1, -0.05) is 6.42 Å². The van der Waals surface area contributed by atoms with Crippen LogP contribution in [0, 0.1) is 10.8 Å². The van der Waals surface area contributed by atoms with E-state index in [0.717, 1.165) is 19.3 Å². The van der Waals surface area contributed by atoms with Gasteiger partial charge in [0.25, 0.3) is 0 Å². The van der Waals surface area contributed by atoms with Crippen molar-refractivity contribution in [2.24, 2.45) is 11.5 Å². The lowest BCUT2D eigenvalue weighted by Crippen LogP contribution is -2.38. The molecule has 0 radical (unpaired) electrons. The first-order chi connectivity index (χ1) is 9.93. The molecule has 0 fully saturated rings. The molecule has 0 bridgehead atoms. The maximum absolute atomic E-state index is 11.1. The van der Waals surface area contributed by atoms with Gasteiger partial charge in [-0.15, -0.1) is 0 Å². The van der Waals surface area contributed by atoms with Crippen LogP contribution in [-0.4, -0.2) is 48.7 Å². The molecule has 0 unspecified atom stereocenters. The summed E-state index contributed by atoms with van der Waals surface area (Å²) in [6, 6.07) is -0.575. The van der Waals surface area contributed by atoms with Crippen molar-refractivity contribution in [2.45, 2.75) is 38.1 Å². The van der Waals surface area contributed by atoms with Crippen LogP contribution >= 0.6 is 0 Å². The first-order valence-corrected chi connectivity index (χ1v) is 7.05. The van der Waals surface area contributed by atoms with E-state index in [-0.39, 0.29) is 11.9 Å². The van der Waals surface area contributed by atoms with Crippen molar-refractivity contribution >= 4 is 17.9 Å². The van der Waals surface area contributed by atoms with Gasteiger partial charge in [0, 0.05) is 13.1 Å². The van der Waals surface area contributed by atoms with Crippen LogP contribution in [0.25, 0.3) is 0 Å². The third kappa shape index (κ3) is 12.7. The van der Waals surface area contributed by atoms with E-state index in [0.29, 0.717) is 32.5 Å². The van der Waals surface area contributed by atoms with Gasteiger partial charge in [0.1, 0.15) is 6.04 Å². The second-order valence-corrected chi connectivity index (χ2v) is 4.73. The molecule has 1 atom stereocenters.